The Morgan fingerprint density at radius 3 is 3.00 bits per heavy atom. The highest BCUT2D eigenvalue weighted by molar-refractivity contribution is 5.75. The topological polar surface area (TPSA) is 93.9 Å². The molecule has 4 bridgehead atoms. The number of nitrogens with zero attached hydrogens (tertiary/aromatic N) is 5. The molecule has 0 aliphatic carbocycles. The summed E-state index contributed by atoms with van der Waals surface area (Å²) in [5.41, 5.74) is 2.88. The van der Waals surface area contributed by atoms with Crippen LogP contribution in [0, 0.1) is 0 Å². The van der Waals surface area contributed by atoms with Crippen molar-refractivity contribution in [1.82, 2.24) is 29.6 Å². The van der Waals surface area contributed by atoms with Gasteiger partial charge in [0.05, 0.1) is 37.3 Å². The van der Waals surface area contributed by atoms with Crippen LogP contribution in [0.5, 0.6) is 11.6 Å². The highest BCUT2D eigenvalue weighted by atomic mass is 16.5. The van der Waals surface area contributed by atoms with Gasteiger partial charge in [0.2, 0.25) is 5.65 Å². The number of pyridine rings is 1. The molecule has 0 spiro atoms. The van der Waals surface area contributed by atoms with Crippen molar-refractivity contribution < 1.29 is 14.3 Å². The fourth-order valence-electron chi connectivity index (χ4n) is 3.63. The zero-order valence-electron chi connectivity index (χ0n) is 17.5. The number of carbonyl (C=O) groups excluding carboxylic acids is 1. The Kier molecular flexibility index (Phi) is 5.69. The SMILES string of the molecule is CCN1C(=O)NCCCCOc2nc(cn3ccnc23)-c2cc(ncc2OC)[C@H]1C. The van der Waals surface area contributed by atoms with Gasteiger partial charge in [-0.05, 0) is 32.8 Å². The van der Waals surface area contributed by atoms with Crippen LogP contribution in [0.3, 0.4) is 0 Å². The van der Waals surface area contributed by atoms with Crippen LogP contribution in [-0.4, -0.2) is 57.1 Å². The molecule has 0 fully saturated rings. The van der Waals surface area contributed by atoms with Crippen molar-refractivity contribution in [3.05, 3.63) is 36.5 Å². The van der Waals surface area contributed by atoms with E-state index in [-0.39, 0.29) is 12.1 Å². The smallest absolute Gasteiger partial charge is 0.317 e. The first-order valence-electron chi connectivity index (χ1n) is 10.2. The minimum absolute atomic E-state index is 0.0999. The molecule has 9 heteroatoms. The number of ether oxygens (including phenoxy) is 2. The van der Waals surface area contributed by atoms with E-state index in [1.54, 1.807) is 24.4 Å². The van der Waals surface area contributed by atoms with E-state index in [2.05, 4.69) is 15.3 Å². The lowest BCUT2D eigenvalue weighted by Crippen LogP contribution is -2.42. The molecule has 1 atom stereocenters. The first kappa shape index (κ1) is 19.9. The standard InChI is InChI=1S/C21H26N6O3/c1-4-27-14(2)16-11-15(18(29-3)12-24-16)17-13-26-9-8-22-19(26)20(25-17)30-10-6-5-7-23-21(27)28/h8-9,11-14H,4-7,10H2,1-3H3,(H,23,28)/t14-/m1/s1. The van der Waals surface area contributed by atoms with Crippen LogP contribution >= 0.6 is 0 Å². The third kappa shape index (κ3) is 3.74. The average Bonchev–Trinajstić information content (AvgIpc) is 3.24. The van der Waals surface area contributed by atoms with Gasteiger partial charge in [-0.2, -0.15) is 0 Å². The normalized spacial score (nSPS) is 17.6. The fraction of sp³-hybridized carbons (Fsp3) is 0.429. The van der Waals surface area contributed by atoms with Gasteiger partial charge in [-0.25, -0.2) is 14.8 Å². The lowest BCUT2D eigenvalue weighted by atomic mass is 10.1. The van der Waals surface area contributed by atoms with Gasteiger partial charge in [0.1, 0.15) is 5.75 Å². The fourth-order valence-corrected chi connectivity index (χ4v) is 3.63. The molecule has 0 unspecified atom stereocenters. The predicted octanol–water partition coefficient (Wildman–Crippen LogP) is 3.07. The molecule has 0 radical (unpaired) electrons. The molecule has 2 amide bonds. The van der Waals surface area contributed by atoms with E-state index >= 15 is 0 Å². The molecular weight excluding hydrogens is 384 g/mol. The number of hydrogen-bond acceptors (Lipinski definition) is 6. The Labute approximate surface area is 175 Å². The molecule has 3 aromatic rings. The number of fused-ring (bicyclic) bond motifs is 7. The van der Waals surface area contributed by atoms with Crippen molar-refractivity contribution in [2.75, 3.05) is 26.8 Å². The molecule has 3 aromatic heterocycles. The van der Waals surface area contributed by atoms with Crippen molar-refractivity contribution in [3.8, 4) is 22.9 Å². The van der Waals surface area contributed by atoms with Crippen LogP contribution in [0.25, 0.3) is 16.9 Å². The highest BCUT2D eigenvalue weighted by Crippen LogP contribution is 2.33. The molecule has 4 heterocycles. The molecule has 1 N–H and O–H groups in total. The van der Waals surface area contributed by atoms with Crippen molar-refractivity contribution in [2.24, 2.45) is 0 Å². The van der Waals surface area contributed by atoms with E-state index in [1.165, 1.54) is 0 Å². The molecule has 4 rings (SSSR count). The predicted molar refractivity (Wildman–Crippen MR) is 112 cm³/mol. The second-order valence-electron chi connectivity index (χ2n) is 7.15. The number of methoxy groups -OCH3 is 1. The van der Waals surface area contributed by atoms with Gasteiger partial charge < -0.3 is 24.1 Å². The van der Waals surface area contributed by atoms with E-state index in [1.807, 2.05) is 36.7 Å². The number of amides is 2. The summed E-state index contributed by atoms with van der Waals surface area (Å²) in [6, 6.07) is 1.61. The average molecular weight is 410 g/mol. The Bertz CT molecular complexity index is 1050. The van der Waals surface area contributed by atoms with E-state index in [4.69, 9.17) is 14.5 Å². The van der Waals surface area contributed by atoms with Crippen LogP contribution in [-0.2, 0) is 0 Å². The van der Waals surface area contributed by atoms with E-state index in [0.717, 1.165) is 24.1 Å². The molecule has 158 valence electrons. The van der Waals surface area contributed by atoms with Gasteiger partial charge in [-0.3, -0.25) is 4.98 Å². The number of carbonyl (C=O) groups is 1. The lowest BCUT2D eigenvalue weighted by Gasteiger charge is -2.28. The van der Waals surface area contributed by atoms with Gasteiger partial charge >= 0.3 is 6.03 Å². The molecule has 0 saturated heterocycles. The van der Waals surface area contributed by atoms with Crippen molar-refractivity contribution in [3.63, 3.8) is 0 Å². The van der Waals surface area contributed by atoms with Gasteiger partial charge in [-0.15, -0.1) is 0 Å². The monoisotopic (exact) mass is 410 g/mol. The molecular formula is C21H26N6O3. The molecule has 30 heavy (non-hydrogen) atoms. The van der Waals surface area contributed by atoms with E-state index < -0.39 is 0 Å². The third-order valence-corrected chi connectivity index (χ3v) is 5.31. The molecule has 1 aliphatic rings. The van der Waals surface area contributed by atoms with Gasteiger partial charge in [-0.1, -0.05) is 0 Å². The van der Waals surface area contributed by atoms with E-state index in [9.17, 15) is 4.79 Å². The quantitative estimate of drug-likeness (QED) is 0.698. The third-order valence-electron chi connectivity index (χ3n) is 5.31. The van der Waals surface area contributed by atoms with Crippen LogP contribution in [0.2, 0.25) is 0 Å². The molecule has 0 saturated carbocycles. The summed E-state index contributed by atoms with van der Waals surface area (Å²) in [6.45, 7) is 5.58. The van der Waals surface area contributed by atoms with Crippen LogP contribution in [0.4, 0.5) is 4.79 Å². The Morgan fingerprint density at radius 1 is 1.33 bits per heavy atom. The summed E-state index contributed by atoms with van der Waals surface area (Å²) < 4.78 is 13.4. The second kappa shape index (κ2) is 8.56. The Hall–Kier alpha value is -3.36. The van der Waals surface area contributed by atoms with Crippen LogP contribution < -0.4 is 14.8 Å². The number of urea groups is 1. The van der Waals surface area contributed by atoms with Crippen molar-refractivity contribution in [2.45, 2.75) is 32.7 Å². The number of hydrogen-bond donors (Lipinski definition) is 1. The van der Waals surface area contributed by atoms with Gasteiger partial charge in [0.15, 0.2) is 0 Å². The summed E-state index contributed by atoms with van der Waals surface area (Å²) in [7, 11) is 1.60. The maximum Gasteiger partial charge on any atom is 0.317 e. The number of aromatic nitrogens is 4. The van der Waals surface area contributed by atoms with Crippen molar-refractivity contribution >= 4 is 11.7 Å². The van der Waals surface area contributed by atoms with Crippen LogP contribution in [0.1, 0.15) is 38.4 Å². The summed E-state index contributed by atoms with van der Waals surface area (Å²) in [5, 5.41) is 2.99. The highest BCUT2D eigenvalue weighted by Gasteiger charge is 2.23. The lowest BCUT2D eigenvalue weighted by molar-refractivity contribution is 0.181. The molecule has 1 aliphatic heterocycles. The molecule has 9 nitrogen and oxygen atoms in total. The first-order chi connectivity index (χ1) is 14.6. The van der Waals surface area contributed by atoms with Crippen molar-refractivity contribution in [1.29, 1.82) is 0 Å². The maximum absolute atomic E-state index is 12.7. The van der Waals surface area contributed by atoms with Gasteiger partial charge in [0, 0.05) is 37.2 Å². The van der Waals surface area contributed by atoms with Gasteiger partial charge in [0.25, 0.3) is 5.88 Å². The number of rotatable bonds is 2. The Morgan fingerprint density at radius 2 is 2.20 bits per heavy atom. The summed E-state index contributed by atoms with van der Waals surface area (Å²) in [6.07, 6.45) is 8.74. The minimum atomic E-state index is -0.211. The minimum Gasteiger partial charge on any atom is -0.494 e. The largest absolute Gasteiger partial charge is 0.494 e. The first-order valence-corrected chi connectivity index (χ1v) is 10.2. The summed E-state index contributed by atoms with van der Waals surface area (Å²) >= 11 is 0. The van der Waals surface area contributed by atoms with Crippen LogP contribution in [0.15, 0.2) is 30.9 Å². The maximum atomic E-state index is 12.7. The molecule has 0 aromatic carbocycles. The summed E-state index contributed by atoms with van der Waals surface area (Å²) in [5.74, 6) is 1.07. The van der Waals surface area contributed by atoms with E-state index in [0.29, 0.717) is 42.7 Å². The number of imidazole rings is 1. The summed E-state index contributed by atoms with van der Waals surface area (Å²) in [4.78, 5) is 28.1. The second-order valence-corrected chi connectivity index (χ2v) is 7.15. The Balaban J connectivity index is 1.86. The zero-order valence-corrected chi connectivity index (χ0v) is 17.5. The zero-order chi connectivity index (χ0) is 21.1. The number of nitrogens with one attached hydrogen (secondary N) is 1.